The molecule has 3 aromatic rings. The molecule has 1 N–H and O–H groups in total. The third-order valence-corrected chi connectivity index (χ3v) is 7.53. The van der Waals surface area contributed by atoms with Crippen molar-refractivity contribution in [2.24, 2.45) is 5.92 Å². The molecular formula is C24H29ClN6O3S. The summed E-state index contributed by atoms with van der Waals surface area (Å²) in [4.78, 5) is 22.7. The molecule has 9 nitrogen and oxygen atoms in total. The van der Waals surface area contributed by atoms with E-state index in [4.69, 9.17) is 21.7 Å². The fraction of sp³-hybridized carbons (Fsp3) is 0.458. The lowest BCUT2D eigenvalue weighted by atomic mass is 9.91. The number of anilines is 2. The number of aryl methyl sites for hydroxylation is 1. The molecule has 35 heavy (non-hydrogen) atoms. The Kier molecular flexibility index (Phi) is 6.13. The first kappa shape index (κ1) is 23.9. The third kappa shape index (κ3) is 4.81. The Bertz CT molecular complexity index is 1400. The fourth-order valence-corrected chi connectivity index (χ4v) is 5.60. The number of nitrogens with one attached hydrogen (secondary N) is 1. The van der Waals surface area contributed by atoms with E-state index < -0.39 is 10.0 Å². The number of amides is 1. The molecule has 0 spiro atoms. The Morgan fingerprint density at radius 1 is 1.20 bits per heavy atom. The topological polar surface area (TPSA) is 99.9 Å². The van der Waals surface area contributed by atoms with Gasteiger partial charge in [0.25, 0.3) is 5.91 Å². The van der Waals surface area contributed by atoms with Crippen molar-refractivity contribution in [3.05, 3.63) is 52.3 Å². The van der Waals surface area contributed by atoms with Crippen molar-refractivity contribution in [2.45, 2.75) is 39.2 Å². The second-order valence-electron chi connectivity index (χ2n) is 9.68. The van der Waals surface area contributed by atoms with Crippen molar-refractivity contribution >= 4 is 44.7 Å². The maximum atomic E-state index is 13.8. The van der Waals surface area contributed by atoms with Crippen LogP contribution in [-0.4, -0.2) is 59.7 Å². The molecule has 2 fully saturated rings. The summed E-state index contributed by atoms with van der Waals surface area (Å²) in [6.07, 6.45) is 5.93. The Morgan fingerprint density at radius 2 is 1.97 bits per heavy atom. The zero-order chi connectivity index (χ0) is 24.9. The number of sulfonamides is 1. The monoisotopic (exact) mass is 516 g/mol. The van der Waals surface area contributed by atoms with Crippen molar-refractivity contribution < 1.29 is 13.2 Å². The number of carbonyl (C=O) groups is 1. The van der Waals surface area contributed by atoms with Crippen molar-refractivity contribution in [1.82, 2.24) is 19.5 Å². The molecule has 0 bridgehead atoms. The Morgan fingerprint density at radius 3 is 2.66 bits per heavy atom. The van der Waals surface area contributed by atoms with E-state index in [9.17, 15) is 13.2 Å². The number of halogens is 1. The summed E-state index contributed by atoms with van der Waals surface area (Å²) in [7, 11) is -3.58. The van der Waals surface area contributed by atoms with Gasteiger partial charge in [-0.05, 0) is 50.3 Å². The molecular weight excluding hydrogens is 488 g/mol. The molecule has 4 heterocycles. The van der Waals surface area contributed by atoms with Crippen LogP contribution in [0.4, 0.5) is 11.5 Å². The van der Waals surface area contributed by atoms with Crippen LogP contribution in [0.15, 0.2) is 30.5 Å². The second-order valence-corrected chi connectivity index (χ2v) is 11.9. The first-order valence-electron chi connectivity index (χ1n) is 11.8. The summed E-state index contributed by atoms with van der Waals surface area (Å²) in [6, 6.07) is 6.30. The normalized spacial score (nSPS) is 20.7. The van der Waals surface area contributed by atoms with Gasteiger partial charge in [-0.25, -0.2) is 17.9 Å². The van der Waals surface area contributed by atoms with E-state index in [0.29, 0.717) is 17.5 Å². The van der Waals surface area contributed by atoms with Gasteiger partial charge in [0.15, 0.2) is 5.65 Å². The maximum Gasteiger partial charge on any atom is 0.256 e. The molecule has 2 aromatic heterocycles. The Hall–Kier alpha value is -2.85. The van der Waals surface area contributed by atoms with E-state index in [0.717, 1.165) is 54.9 Å². The lowest BCUT2D eigenvalue weighted by Gasteiger charge is -2.38. The largest absolute Gasteiger partial charge is 0.356 e. The number of hydrogen-bond donors (Lipinski definition) is 1. The number of rotatable bonds is 5. The number of likely N-dealkylation sites (tertiary alicyclic amines) is 1. The minimum atomic E-state index is -3.58. The molecule has 2 aliphatic rings. The average molecular weight is 517 g/mol. The molecule has 2 aliphatic heterocycles. The Balaban J connectivity index is 1.52. The molecule has 1 aromatic carbocycles. The lowest BCUT2D eigenvalue weighted by molar-refractivity contribution is 0.0538. The van der Waals surface area contributed by atoms with Crippen molar-refractivity contribution in [3.8, 4) is 0 Å². The van der Waals surface area contributed by atoms with Crippen LogP contribution in [0, 0.1) is 12.8 Å². The van der Waals surface area contributed by atoms with Crippen LogP contribution >= 0.6 is 11.6 Å². The van der Waals surface area contributed by atoms with Gasteiger partial charge in [0.2, 0.25) is 10.0 Å². The fourth-order valence-electron chi connectivity index (χ4n) is 4.85. The molecule has 186 valence electrons. The van der Waals surface area contributed by atoms with Gasteiger partial charge < -0.3 is 9.80 Å². The SMILES string of the molecule is Cc1cn2nc(C3CCC(C)CN3C(=O)c3cc(Cl)ccc3NS(C)(=O)=O)cc2nc1N1CCC1. The second kappa shape index (κ2) is 8.98. The zero-order valence-corrected chi connectivity index (χ0v) is 21.6. The van der Waals surface area contributed by atoms with Crippen LogP contribution in [-0.2, 0) is 10.0 Å². The zero-order valence-electron chi connectivity index (χ0n) is 20.0. The summed E-state index contributed by atoms with van der Waals surface area (Å²) >= 11 is 6.20. The highest BCUT2D eigenvalue weighted by molar-refractivity contribution is 7.92. The number of aromatic nitrogens is 3. The summed E-state index contributed by atoms with van der Waals surface area (Å²) in [5.74, 6) is 1.00. The molecule has 0 radical (unpaired) electrons. The lowest BCUT2D eigenvalue weighted by Crippen LogP contribution is -2.42. The van der Waals surface area contributed by atoms with Crippen molar-refractivity contribution in [2.75, 3.05) is 35.5 Å². The molecule has 0 saturated carbocycles. The Labute approximate surface area is 210 Å². The molecule has 2 saturated heterocycles. The van der Waals surface area contributed by atoms with Gasteiger partial charge >= 0.3 is 0 Å². The van der Waals surface area contributed by atoms with Gasteiger partial charge in [-0.15, -0.1) is 0 Å². The van der Waals surface area contributed by atoms with Crippen molar-refractivity contribution in [1.29, 1.82) is 0 Å². The van der Waals surface area contributed by atoms with Gasteiger partial charge in [0.1, 0.15) is 5.82 Å². The van der Waals surface area contributed by atoms with Gasteiger partial charge in [-0.1, -0.05) is 18.5 Å². The van der Waals surface area contributed by atoms with Gasteiger partial charge in [0, 0.05) is 42.5 Å². The highest BCUT2D eigenvalue weighted by atomic mass is 35.5. The van der Waals surface area contributed by atoms with Crippen LogP contribution in [0.1, 0.15) is 53.8 Å². The molecule has 2 unspecified atom stereocenters. The van der Waals surface area contributed by atoms with Gasteiger partial charge in [0.05, 0.1) is 29.2 Å². The van der Waals surface area contributed by atoms with Crippen LogP contribution < -0.4 is 9.62 Å². The maximum absolute atomic E-state index is 13.8. The van der Waals surface area contributed by atoms with E-state index in [1.165, 1.54) is 18.6 Å². The van der Waals surface area contributed by atoms with E-state index in [2.05, 4.69) is 16.5 Å². The average Bonchev–Trinajstić information content (AvgIpc) is 3.15. The molecule has 1 amide bonds. The minimum absolute atomic E-state index is 0.213. The van der Waals surface area contributed by atoms with Gasteiger partial charge in [-0.3, -0.25) is 9.52 Å². The quantitative estimate of drug-likeness (QED) is 0.552. The number of fused-ring (bicyclic) bond motifs is 1. The molecule has 5 rings (SSSR count). The highest BCUT2D eigenvalue weighted by Crippen LogP contribution is 2.36. The van der Waals surface area contributed by atoms with E-state index in [1.54, 1.807) is 15.5 Å². The first-order valence-corrected chi connectivity index (χ1v) is 14.1. The third-order valence-electron chi connectivity index (χ3n) is 6.71. The molecule has 2 atom stereocenters. The summed E-state index contributed by atoms with van der Waals surface area (Å²) in [6.45, 7) is 6.70. The summed E-state index contributed by atoms with van der Waals surface area (Å²) in [5, 5.41) is 5.16. The van der Waals surface area contributed by atoms with Crippen LogP contribution in [0.3, 0.4) is 0 Å². The predicted octanol–water partition coefficient (Wildman–Crippen LogP) is 3.89. The predicted molar refractivity (Wildman–Crippen MR) is 137 cm³/mol. The standard InChI is InChI=1S/C24H29ClN6O3S/c1-15-5-8-21(20-12-22-26-23(29-9-4-10-29)16(2)14-31(22)27-20)30(13-15)24(32)18-11-17(25)6-7-19(18)28-35(3,33)34/h6-7,11-12,14-15,21,28H,4-5,8-10,13H2,1-3H3. The van der Waals surface area contributed by atoms with Gasteiger partial charge in [-0.2, -0.15) is 5.10 Å². The summed E-state index contributed by atoms with van der Waals surface area (Å²) < 4.78 is 28.1. The number of piperidine rings is 1. The first-order chi connectivity index (χ1) is 16.6. The number of nitrogens with zero attached hydrogens (tertiary/aromatic N) is 5. The summed E-state index contributed by atoms with van der Waals surface area (Å²) in [5.41, 5.74) is 3.02. The number of carbonyl (C=O) groups excluding carboxylic acids is 1. The van der Waals surface area contributed by atoms with E-state index >= 15 is 0 Å². The number of hydrogen-bond acceptors (Lipinski definition) is 6. The molecule has 11 heteroatoms. The number of benzene rings is 1. The van der Waals surface area contributed by atoms with Crippen LogP contribution in [0.25, 0.3) is 5.65 Å². The van der Waals surface area contributed by atoms with Crippen LogP contribution in [0.5, 0.6) is 0 Å². The smallest absolute Gasteiger partial charge is 0.256 e. The van der Waals surface area contributed by atoms with Crippen LogP contribution in [0.2, 0.25) is 5.02 Å². The molecule has 0 aliphatic carbocycles. The minimum Gasteiger partial charge on any atom is -0.356 e. The van der Waals surface area contributed by atoms with E-state index in [-0.39, 0.29) is 23.2 Å². The van der Waals surface area contributed by atoms with Crippen molar-refractivity contribution in [3.63, 3.8) is 0 Å². The van der Waals surface area contributed by atoms with E-state index in [1.807, 2.05) is 19.2 Å². The highest BCUT2D eigenvalue weighted by Gasteiger charge is 2.34.